The maximum absolute atomic E-state index is 11.9. The predicted molar refractivity (Wildman–Crippen MR) is 73.7 cm³/mol. The van der Waals surface area contributed by atoms with Crippen LogP contribution in [0.4, 0.5) is 4.79 Å². The van der Waals surface area contributed by atoms with Crippen molar-refractivity contribution in [2.75, 3.05) is 7.05 Å². The highest BCUT2D eigenvalue weighted by molar-refractivity contribution is 5.67. The van der Waals surface area contributed by atoms with Crippen LogP contribution in [0.1, 0.15) is 25.8 Å². The lowest BCUT2D eigenvalue weighted by atomic mass is 10.00. The van der Waals surface area contributed by atoms with Gasteiger partial charge in [0.25, 0.3) is 0 Å². The summed E-state index contributed by atoms with van der Waals surface area (Å²) in [7, 11) is 1.69. The van der Waals surface area contributed by atoms with Crippen LogP contribution in [0.3, 0.4) is 0 Å². The summed E-state index contributed by atoms with van der Waals surface area (Å²) < 4.78 is 5.24. The van der Waals surface area contributed by atoms with Crippen molar-refractivity contribution in [3.63, 3.8) is 0 Å². The number of nitrogens with zero attached hydrogens (tertiary/aromatic N) is 1. The van der Waals surface area contributed by atoms with Gasteiger partial charge in [-0.15, -0.1) is 0 Å². The molecule has 4 nitrogen and oxygen atoms in total. The molecular formula is C15H21NO3. The Morgan fingerprint density at radius 2 is 1.95 bits per heavy atom. The molecule has 0 saturated heterocycles. The van der Waals surface area contributed by atoms with Crippen LogP contribution in [0.15, 0.2) is 30.3 Å². The van der Waals surface area contributed by atoms with Gasteiger partial charge < -0.3 is 14.4 Å². The van der Waals surface area contributed by atoms with E-state index in [-0.39, 0.29) is 24.7 Å². The fourth-order valence-corrected chi connectivity index (χ4v) is 1.72. The number of hydrogen-bond acceptors (Lipinski definition) is 3. The van der Waals surface area contributed by atoms with Gasteiger partial charge in [-0.3, -0.25) is 0 Å². The van der Waals surface area contributed by atoms with E-state index >= 15 is 0 Å². The molecule has 1 amide bonds. The van der Waals surface area contributed by atoms with E-state index in [0.29, 0.717) is 6.42 Å². The zero-order valence-electron chi connectivity index (χ0n) is 11.7. The fraction of sp³-hybridized carbons (Fsp3) is 0.467. The van der Waals surface area contributed by atoms with Crippen molar-refractivity contribution in [3.8, 4) is 0 Å². The lowest BCUT2D eigenvalue weighted by Gasteiger charge is -2.28. The Morgan fingerprint density at radius 3 is 2.53 bits per heavy atom. The molecule has 0 aliphatic rings. The molecule has 0 spiro atoms. The molecule has 1 aromatic rings. The van der Waals surface area contributed by atoms with E-state index in [9.17, 15) is 9.59 Å². The largest absolute Gasteiger partial charge is 0.445 e. The van der Waals surface area contributed by atoms with Crippen LogP contribution in [-0.4, -0.2) is 30.4 Å². The molecule has 0 aliphatic heterocycles. The van der Waals surface area contributed by atoms with Crippen molar-refractivity contribution < 1.29 is 14.3 Å². The van der Waals surface area contributed by atoms with Gasteiger partial charge in [0.2, 0.25) is 0 Å². The molecule has 4 heteroatoms. The highest BCUT2D eigenvalue weighted by Gasteiger charge is 2.22. The molecular weight excluding hydrogens is 242 g/mol. The van der Waals surface area contributed by atoms with Crippen LogP contribution in [0.5, 0.6) is 0 Å². The summed E-state index contributed by atoms with van der Waals surface area (Å²) in [6.07, 6.45) is 0.955. The van der Waals surface area contributed by atoms with Gasteiger partial charge >= 0.3 is 6.09 Å². The van der Waals surface area contributed by atoms with Crippen LogP contribution in [-0.2, 0) is 16.1 Å². The third kappa shape index (κ3) is 4.73. The average molecular weight is 263 g/mol. The zero-order valence-corrected chi connectivity index (χ0v) is 11.7. The molecule has 0 bridgehead atoms. The van der Waals surface area contributed by atoms with Crippen LogP contribution in [0, 0.1) is 5.92 Å². The maximum Gasteiger partial charge on any atom is 0.410 e. The molecule has 1 aromatic carbocycles. The summed E-state index contributed by atoms with van der Waals surface area (Å²) >= 11 is 0. The molecule has 0 saturated carbocycles. The molecule has 0 radical (unpaired) electrons. The first-order chi connectivity index (χ1) is 9.06. The second-order valence-electron chi connectivity index (χ2n) is 4.77. The minimum Gasteiger partial charge on any atom is -0.445 e. The fourth-order valence-electron chi connectivity index (χ4n) is 1.72. The second kappa shape index (κ2) is 7.56. The second-order valence-corrected chi connectivity index (χ2v) is 4.77. The topological polar surface area (TPSA) is 46.6 Å². The van der Waals surface area contributed by atoms with Crippen molar-refractivity contribution in [1.29, 1.82) is 0 Å². The van der Waals surface area contributed by atoms with Gasteiger partial charge in [-0.1, -0.05) is 37.3 Å². The third-order valence-electron chi connectivity index (χ3n) is 3.40. The SMILES string of the molecule is C[C@H](CC=O)[C@H](C)N(C)C(=O)OCc1ccccc1. The van der Waals surface area contributed by atoms with Gasteiger partial charge in [-0.25, -0.2) is 4.79 Å². The number of amides is 1. The van der Waals surface area contributed by atoms with Crippen molar-refractivity contribution in [1.82, 2.24) is 4.90 Å². The highest BCUT2D eigenvalue weighted by Crippen LogP contribution is 2.13. The first kappa shape index (κ1) is 15.2. The van der Waals surface area contributed by atoms with Gasteiger partial charge in [-0.2, -0.15) is 0 Å². The lowest BCUT2D eigenvalue weighted by Crippen LogP contribution is -2.39. The van der Waals surface area contributed by atoms with Crippen molar-refractivity contribution in [2.24, 2.45) is 5.92 Å². The Morgan fingerprint density at radius 1 is 1.32 bits per heavy atom. The highest BCUT2D eigenvalue weighted by atomic mass is 16.6. The first-order valence-corrected chi connectivity index (χ1v) is 6.43. The summed E-state index contributed by atoms with van der Waals surface area (Å²) in [6, 6.07) is 9.51. The number of carbonyl (C=O) groups is 2. The van der Waals surface area contributed by atoms with E-state index in [1.165, 1.54) is 4.90 Å². The Balaban J connectivity index is 2.46. The smallest absolute Gasteiger partial charge is 0.410 e. The van der Waals surface area contributed by atoms with Gasteiger partial charge in [0.05, 0.1) is 0 Å². The molecule has 0 unspecified atom stereocenters. The molecule has 0 fully saturated rings. The monoisotopic (exact) mass is 263 g/mol. The van der Waals surface area contributed by atoms with E-state index in [2.05, 4.69) is 0 Å². The van der Waals surface area contributed by atoms with Crippen LogP contribution in [0.2, 0.25) is 0 Å². The number of rotatable bonds is 6. The van der Waals surface area contributed by atoms with E-state index in [1.54, 1.807) is 7.05 Å². The van der Waals surface area contributed by atoms with E-state index in [1.807, 2.05) is 44.2 Å². The Bertz CT molecular complexity index is 405. The lowest BCUT2D eigenvalue weighted by molar-refractivity contribution is -0.108. The summed E-state index contributed by atoms with van der Waals surface area (Å²) in [5, 5.41) is 0. The van der Waals surface area contributed by atoms with Crippen LogP contribution < -0.4 is 0 Å². The molecule has 0 aliphatic carbocycles. The van der Waals surface area contributed by atoms with Gasteiger partial charge in [0.1, 0.15) is 12.9 Å². The Labute approximate surface area is 114 Å². The minimum atomic E-state index is -0.367. The number of benzene rings is 1. The van der Waals surface area contributed by atoms with E-state index < -0.39 is 0 Å². The predicted octanol–water partition coefficient (Wildman–Crippen LogP) is 2.87. The van der Waals surface area contributed by atoms with Gasteiger partial charge in [0.15, 0.2) is 0 Å². The molecule has 0 aromatic heterocycles. The molecule has 2 atom stereocenters. The summed E-state index contributed by atoms with van der Waals surface area (Å²) in [5.41, 5.74) is 0.956. The van der Waals surface area contributed by atoms with Crippen LogP contribution >= 0.6 is 0 Å². The number of ether oxygens (including phenoxy) is 1. The standard InChI is InChI=1S/C15H21NO3/c1-12(9-10-17)13(2)16(3)15(18)19-11-14-7-5-4-6-8-14/h4-8,10,12-13H,9,11H2,1-3H3/t12-,13+/m1/s1. The van der Waals surface area contributed by atoms with Gasteiger partial charge in [-0.05, 0) is 18.4 Å². The number of aldehydes is 1. The number of carbonyl (C=O) groups excluding carboxylic acids is 2. The summed E-state index contributed by atoms with van der Waals surface area (Å²) in [5.74, 6) is 0.117. The average Bonchev–Trinajstić information content (AvgIpc) is 2.44. The van der Waals surface area contributed by atoms with Crippen LogP contribution in [0.25, 0.3) is 0 Å². The molecule has 0 heterocycles. The van der Waals surface area contributed by atoms with Crippen molar-refractivity contribution in [3.05, 3.63) is 35.9 Å². The Hall–Kier alpha value is -1.84. The molecule has 1 rings (SSSR count). The Kier molecular flexibility index (Phi) is 6.06. The molecule has 104 valence electrons. The summed E-state index contributed by atoms with van der Waals surface area (Å²) in [4.78, 5) is 23.9. The van der Waals surface area contributed by atoms with E-state index in [4.69, 9.17) is 4.74 Å². The van der Waals surface area contributed by atoms with Gasteiger partial charge in [0, 0.05) is 19.5 Å². The quantitative estimate of drug-likeness (QED) is 0.741. The first-order valence-electron chi connectivity index (χ1n) is 6.43. The maximum atomic E-state index is 11.9. The van der Waals surface area contributed by atoms with E-state index in [0.717, 1.165) is 11.8 Å². The third-order valence-corrected chi connectivity index (χ3v) is 3.40. The van der Waals surface area contributed by atoms with Crippen molar-refractivity contribution in [2.45, 2.75) is 32.9 Å². The summed E-state index contributed by atoms with van der Waals surface area (Å²) in [6.45, 7) is 4.12. The normalized spacial score (nSPS) is 13.4. The van der Waals surface area contributed by atoms with Crippen molar-refractivity contribution >= 4 is 12.4 Å². The number of hydrogen-bond donors (Lipinski definition) is 0. The molecule has 0 N–H and O–H groups in total. The minimum absolute atomic E-state index is 0.0338. The zero-order chi connectivity index (χ0) is 14.3. The molecule has 19 heavy (non-hydrogen) atoms.